The van der Waals surface area contributed by atoms with Gasteiger partial charge in [-0.3, -0.25) is 0 Å². The average Bonchev–Trinajstić information content (AvgIpc) is 3.07. The van der Waals surface area contributed by atoms with Gasteiger partial charge in [0.2, 0.25) is 5.88 Å². The fourth-order valence-electron chi connectivity index (χ4n) is 2.02. The van der Waals surface area contributed by atoms with E-state index < -0.39 is 0 Å². The third-order valence-electron chi connectivity index (χ3n) is 3.33. The minimum atomic E-state index is 0. The van der Waals surface area contributed by atoms with Gasteiger partial charge < -0.3 is 19.9 Å². The van der Waals surface area contributed by atoms with Crippen LogP contribution in [0.4, 0.5) is 0 Å². The van der Waals surface area contributed by atoms with E-state index in [9.17, 15) is 0 Å². The van der Waals surface area contributed by atoms with E-state index in [0.717, 1.165) is 23.7 Å². The number of pyridine rings is 1. The minimum absolute atomic E-state index is 0. The van der Waals surface area contributed by atoms with Crippen LogP contribution in [-0.4, -0.2) is 29.8 Å². The molecule has 2 aromatic rings. The summed E-state index contributed by atoms with van der Waals surface area (Å²) in [4.78, 5) is 8.88. The van der Waals surface area contributed by atoms with Gasteiger partial charge in [-0.25, -0.2) is 9.98 Å². The summed E-state index contributed by atoms with van der Waals surface area (Å²) in [5, 5.41) is 10.5. The summed E-state index contributed by atoms with van der Waals surface area (Å²) in [6.07, 6.45) is 0. The van der Waals surface area contributed by atoms with E-state index in [1.165, 1.54) is 0 Å². The fourth-order valence-corrected chi connectivity index (χ4v) is 2.02. The molecule has 0 atom stereocenters. The summed E-state index contributed by atoms with van der Waals surface area (Å²) in [7, 11) is 1.60. The molecule has 0 saturated heterocycles. The number of hydrogen-bond donors (Lipinski definition) is 2. The van der Waals surface area contributed by atoms with Gasteiger partial charge in [-0.1, -0.05) is 25.1 Å². The van der Waals surface area contributed by atoms with E-state index in [1.807, 2.05) is 31.2 Å². The molecule has 0 aliphatic rings. The molecular weight excluding hydrogens is 433 g/mol. The van der Waals surface area contributed by atoms with Gasteiger partial charge in [0.25, 0.3) is 0 Å². The lowest BCUT2D eigenvalue weighted by Gasteiger charge is -2.09. The van der Waals surface area contributed by atoms with Gasteiger partial charge in [-0.2, -0.15) is 0 Å². The fraction of sp³-hybridized carbons (Fsp3) is 0.471. The van der Waals surface area contributed by atoms with E-state index in [2.05, 4.69) is 39.6 Å². The van der Waals surface area contributed by atoms with Crippen LogP contribution in [-0.2, 0) is 13.1 Å². The Hall–Kier alpha value is -1.84. The smallest absolute Gasteiger partial charge is 0.213 e. The molecule has 0 aromatic carbocycles. The Balaban J connectivity index is 0.00000312. The Morgan fingerprint density at radius 2 is 2.12 bits per heavy atom. The van der Waals surface area contributed by atoms with Crippen molar-refractivity contribution in [2.45, 2.75) is 39.8 Å². The lowest BCUT2D eigenvalue weighted by molar-refractivity contribution is 0.372. The summed E-state index contributed by atoms with van der Waals surface area (Å²) in [6, 6.07) is 7.59. The summed E-state index contributed by atoms with van der Waals surface area (Å²) < 4.78 is 10.4. The van der Waals surface area contributed by atoms with Crippen molar-refractivity contribution in [2.24, 2.45) is 4.99 Å². The van der Waals surface area contributed by atoms with Crippen molar-refractivity contribution in [3.05, 3.63) is 41.4 Å². The summed E-state index contributed by atoms with van der Waals surface area (Å²) in [5.74, 6) is 2.42. The molecule has 7 nitrogen and oxygen atoms in total. The van der Waals surface area contributed by atoms with Gasteiger partial charge in [0.05, 0.1) is 31.6 Å². The largest absolute Gasteiger partial charge is 0.481 e. The van der Waals surface area contributed by atoms with Crippen LogP contribution < -0.4 is 15.4 Å². The lowest BCUT2D eigenvalue weighted by Crippen LogP contribution is -2.36. The molecule has 0 aliphatic heterocycles. The molecule has 8 heteroatoms. The summed E-state index contributed by atoms with van der Waals surface area (Å²) in [5.41, 5.74) is 1.79. The third kappa shape index (κ3) is 6.89. The highest BCUT2D eigenvalue weighted by Gasteiger charge is 2.08. The number of methoxy groups -OCH3 is 1. The molecule has 2 rings (SSSR count). The molecule has 0 aliphatic carbocycles. The molecule has 0 fully saturated rings. The number of ether oxygens (including phenoxy) is 1. The van der Waals surface area contributed by atoms with Gasteiger partial charge in [-0.15, -0.1) is 24.0 Å². The zero-order valence-electron chi connectivity index (χ0n) is 15.1. The molecule has 25 heavy (non-hydrogen) atoms. The normalized spacial score (nSPS) is 11.2. The highest BCUT2D eigenvalue weighted by Crippen LogP contribution is 2.13. The second-order valence-corrected chi connectivity index (χ2v) is 5.59. The van der Waals surface area contributed by atoms with E-state index in [1.54, 1.807) is 7.11 Å². The molecule has 0 unspecified atom stereocenters. The first kappa shape index (κ1) is 21.2. The zero-order chi connectivity index (χ0) is 17.4. The standard InChI is InChI=1S/C17H25N5O2.HI/c1-5-18-17(19-10-13-7-6-8-16(21-13)23-4)20-11-14-9-15(12(2)3)22-24-14;/h6-9,12H,5,10-11H2,1-4H3,(H2,18,19,20);1H. The van der Waals surface area contributed by atoms with Crippen molar-refractivity contribution in [1.82, 2.24) is 20.8 Å². The Morgan fingerprint density at radius 3 is 2.76 bits per heavy atom. The molecule has 2 aromatic heterocycles. The van der Waals surface area contributed by atoms with Crippen LogP contribution in [0.15, 0.2) is 33.8 Å². The predicted molar refractivity (Wildman–Crippen MR) is 108 cm³/mol. The number of halogens is 1. The maximum atomic E-state index is 5.32. The van der Waals surface area contributed by atoms with Gasteiger partial charge in [-0.05, 0) is 18.9 Å². The quantitative estimate of drug-likeness (QED) is 0.376. The molecule has 0 bridgehead atoms. The monoisotopic (exact) mass is 459 g/mol. The minimum Gasteiger partial charge on any atom is -0.481 e. The van der Waals surface area contributed by atoms with Crippen LogP contribution in [0.2, 0.25) is 0 Å². The number of aliphatic imine (C=N–C) groups is 1. The van der Waals surface area contributed by atoms with Crippen LogP contribution in [0.5, 0.6) is 5.88 Å². The van der Waals surface area contributed by atoms with Crippen LogP contribution in [0.1, 0.15) is 43.8 Å². The molecule has 0 amide bonds. The number of rotatable bonds is 7. The van der Waals surface area contributed by atoms with Crippen LogP contribution in [0, 0.1) is 0 Å². The maximum Gasteiger partial charge on any atom is 0.213 e. The number of nitrogens with zero attached hydrogens (tertiary/aromatic N) is 3. The van der Waals surface area contributed by atoms with Gasteiger partial charge in [0, 0.05) is 18.7 Å². The molecule has 2 N–H and O–H groups in total. The number of nitrogens with one attached hydrogen (secondary N) is 2. The van der Waals surface area contributed by atoms with Crippen molar-refractivity contribution in [3.63, 3.8) is 0 Å². The van der Waals surface area contributed by atoms with Crippen LogP contribution >= 0.6 is 24.0 Å². The Bertz CT molecular complexity index is 673. The van der Waals surface area contributed by atoms with E-state index in [4.69, 9.17) is 9.26 Å². The molecule has 2 heterocycles. The summed E-state index contributed by atoms with van der Waals surface area (Å²) in [6.45, 7) is 7.94. The average molecular weight is 459 g/mol. The van der Waals surface area contributed by atoms with Crippen molar-refractivity contribution < 1.29 is 9.26 Å². The van der Waals surface area contributed by atoms with Crippen molar-refractivity contribution >= 4 is 29.9 Å². The molecular formula is C17H26IN5O2. The lowest BCUT2D eigenvalue weighted by atomic mass is 10.1. The SMILES string of the molecule is CCNC(=NCc1cccc(OC)n1)NCc1cc(C(C)C)no1.I. The van der Waals surface area contributed by atoms with Gasteiger partial charge in [0.1, 0.15) is 0 Å². The second kappa shape index (κ2) is 10.9. The van der Waals surface area contributed by atoms with E-state index in [-0.39, 0.29) is 24.0 Å². The predicted octanol–water partition coefficient (Wildman–Crippen LogP) is 3.07. The maximum absolute atomic E-state index is 5.32. The Morgan fingerprint density at radius 1 is 1.32 bits per heavy atom. The molecule has 0 radical (unpaired) electrons. The number of hydrogen-bond acceptors (Lipinski definition) is 5. The third-order valence-corrected chi connectivity index (χ3v) is 3.33. The number of guanidine groups is 1. The summed E-state index contributed by atoms with van der Waals surface area (Å²) >= 11 is 0. The zero-order valence-corrected chi connectivity index (χ0v) is 17.4. The van der Waals surface area contributed by atoms with Gasteiger partial charge >= 0.3 is 0 Å². The highest BCUT2D eigenvalue weighted by molar-refractivity contribution is 14.0. The van der Waals surface area contributed by atoms with Gasteiger partial charge in [0.15, 0.2) is 11.7 Å². The van der Waals surface area contributed by atoms with Crippen LogP contribution in [0.25, 0.3) is 0 Å². The first-order chi connectivity index (χ1) is 11.6. The first-order valence-corrected chi connectivity index (χ1v) is 8.10. The van der Waals surface area contributed by atoms with Crippen molar-refractivity contribution in [2.75, 3.05) is 13.7 Å². The van der Waals surface area contributed by atoms with E-state index in [0.29, 0.717) is 30.8 Å². The Labute approximate surface area is 165 Å². The molecule has 0 spiro atoms. The molecule has 138 valence electrons. The first-order valence-electron chi connectivity index (χ1n) is 8.10. The molecule has 0 saturated carbocycles. The Kier molecular flexibility index (Phi) is 9.25. The highest BCUT2D eigenvalue weighted by atomic mass is 127. The van der Waals surface area contributed by atoms with Crippen LogP contribution in [0.3, 0.4) is 0 Å². The van der Waals surface area contributed by atoms with Crippen molar-refractivity contribution in [3.8, 4) is 5.88 Å². The second-order valence-electron chi connectivity index (χ2n) is 5.59. The van der Waals surface area contributed by atoms with Crippen molar-refractivity contribution in [1.29, 1.82) is 0 Å². The van der Waals surface area contributed by atoms with E-state index >= 15 is 0 Å². The number of aromatic nitrogens is 2. The topological polar surface area (TPSA) is 84.6 Å².